The molecule has 1 rings (SSSR count). The van der Waals surface area contributed by atoms with Crippen LogP contribution in [-0.4, -0.2) is 12.1 Å². The Morgan fingerprint density at radius 1 is 1.56 bits per heavy atom. The van der Waals surface area contributed by atoms with E-state index in [9.17, 15) is 4.79 Å². The van der Waals surface area contributed by atoms with Gasteiger partial charge in [0.2, 0.25) is 0 Å². The first-order chi connectivity index (χ1) is 8.43. The molecule has 1 heterocycles. The number of rotatable bonds is 5. The summed E-state index contributed by atoms with van der Waals surface area (Å²) in [7, 11) is 0. The Hall–Kier alpha value is -1.27. The van der Waals surface area contributed by atoms with E-state index in [1.807, 2.05) is 32.2 Å². The normalized spacial score (nSPS) is 12.8. The second-order valence-electron chi connectivity index (χ2n) is 5.38. The van der Waals surface area contributed by atoms with Gasteiger partial charge in [0.1, 0.15) is 6.10 Å². The van der Waals surface area contributed by atoms with Crippen molar-refractivity contribution in [2.24, 2.45) is 5.41 Å². The third kappa shape index (κ3) is 4.93. The molecular weight excluding hydrogens is 244 g/mol. The van der Waals surface area contributed by atoms with Crippen LogP contribution in [0.25, 0.3) is 0 Å². The smallest absolute Gasteiger partial charge is 0.306 e. The minimum Gasteiger partial charge on any atom is -0.461 e. The fourth-order valence-electron chi connectivity index (χ4n) is 1.53. The molecule has 0 fully saturated rings. The van der Waals surface area contributed by atoms with E-state index in [0.717, 1.165) is 6.42 Å². The van der Waals surface area contributed by atoms with Crippen LogP contribution in [0.15, 0.2) is 16.8 Å². The predicted molar refractivity (Wildman–Crippen MR) is 75.4 cm³/mol. The van der Waals surface area contributed by atoms with Crippen LogP contribution in [-0.2, 0) is 16.0 Å². The number of carbonyl (C=O) groups is 1. The second-order valence-corrected chi connectivity index (χ2v) is 6.16. The summed E-state index contributed by atoms with van der Waals surface area (Å²) < 4.78 is 5.48. The fraction of sp³-hybridized carbons (Fsp3) is 0.533. The van der Waals surface area contributed by atoms with Crippen molar-refractivity contribution in [3.05, 3.63) is 22.4 Å². The molecule has 2 nitrogen and oxygen atoms in total. The summed E-state index contributed by atoms with van der Waals surface area (Å²) in [6.45, 7) is 6.09. The molecule has 18 heavy (non-hydrogen) atoms. The molecule has 1 aromatic heterocycles. The van der Waals surface area contributed by atoms with Crippen LogP contribution in [0, 0.1) is 17.8 Å². The lowest BCUT2D eigenvalue weighted by Crippen LogP contribution is -2.31. The van der Waals surface area contributed by atoms with Crippen molar-refractivity contribution < 1.29 is 9.53 Å². The van der Waals surface area contributed by atoms with Gasteiger partial charge in [0, 0.05) is 12.8 Å². The van der Waals surface area contributed by atoms with Gasteiger partial charge in [0.25, 0.3) is 0 Å². The zero-order chi connectivity index (χ0) is 13.6. The lowest BCUT2D eigenvalue weighted by molar-refractivity contribution is -0.154. The minimum absolute atomic E-state index is 0.121. The van der Waals surface area contributed by atoms with Gasteiger partial charge < -0.3 is 4.74 Å². The Morgan fingerprint density at radius 3 is 2.78 bits per heavy atom. The standard InChI is InChI=1S/C15H20O2S/c1-5-6-13(15(2,3)4)17-14(16)8-7-12-9-10-18-11-12/h1,9-11,13H,6-8H2,2-4H3/t13-/m1/s1. The molecule has 0 saturated carbocycles. The van der Waals surface area contributed by atoms with Crippen molar-refractivity contribution in [2.45, 2.75) is 46.1 Å². The third-order valence-corrected chi connectivity index (χ3v) is 3.47. The van der Waals surface area contributed by atoms with Crippen LogP contribution < -0.4 is 0 Å². The molecule has 0 spiro atoms. The molecule has 0 unspecified atom stereocenters. The lowest BCUT2D eigenvalue weighted by atomic mass is 9.87. The maximum Gasteiger partial charge on any atom is 0.306 e. The highest BCUT2D eigenvalue weighted by Gasteiger charge is 2.27. The van der Waals surface area contributed by atoms with Crippen LogP contribution in [0.2, 0.25) is 0 Å². The zero-order valence-electron chi connectivity index (χ0n) is 11.2. The molecule has 0 saturated heterocycles. The van der Waals surface area contributed by atoms with Crippen LogP contribution >= 0.6 is 11.3 Å². The Labute approximate surface area is 113 Å². The van der Waals surface area contributed by atoms with E-state index in [-0.39, 0.29) is 17.5 Å². The molecule has 0 aliphatic carbocycles. The Morgan fingerprint density at radius 2 is 2.28 bits per heavy atom. The van der Waals surface area contributed by atoms with E-state index in [2.05, 4.69) is 11.3 Å². The summed E-state index contributed by atoms with van der Waals surface area (Å²) in [5.74, 6) is 2.40. The highest BCUT2D eigenvalue weighted by molar-refractivity contribution is 7.07. The minimum atomic E-state index is -0.211. The molecule has 0 aliphatic rings. The van der Waals surface area contributed by atoms with Gasteiger partial charge in [0.05, 0.1) is 0 Å². The van der Waals surface area contributed by atoms with Crippen molar-refractivity contribution in [2.75, 3.05) is 0 Å². The predicted octanol–water partition coefficient (Wildman–Crippen LogP) is 3.66. The first kappa shape index (κ1) is 14.8. The molecule has 0 N–H and O–H groups in total. The molecule has 0 bridgehead atoms. The molecule has 1 aromatic rings. The molecule has 0 amide bonds. The first-order valence-corrected chi connectivity index (χ1v) is 7.02. The van der Waals surface area contributed by atoms with Crippen molar-refractivity contribution >= 4 is 17.3 Å². The van der Waals surface area contributed by atoms with Gasteiger partial charge in [-0.2, -0.15) is 11.3 Å². The SMILES string of the molecule is C#CC[C@@H](OC(=O)CCc1ccsc1)C(C)(C)C. The second kappa shape index (κ2) is 6.61. The van der Waals surface area contributed by atoms with Gasteiger partial charge >= 0.3 is 5.97 Å². The molecular formula is C15H20O2S. The topological polar surface area (TPSA) is 26.3 Å². The van der Waals surface area contributed by atoms with Crippen molar-refractivity contribution in [3.63, 3.8) is 0 Å². The molecule has 0 aromatic carbocycles. The number of ether oxygens (including phenoxy) is 1. The molecule has 1 atom stereocenters. The van der Waals surface area contributed by atoms with E-state index in [1.54, 1.807) is 11.3 Å². The monoisotopic (exact) mass is 264 g/mol. The average molecular weight is 264 g/mol. The van der Waals surface area contributed by atoms with Crippen LogP contribution in [0.4, 0.5) is 0 Å². The molecule has 3 heteroatoms. The number of carbonyl (C=O) groups excluding carboxylic acids is 1. The summed E-state index contributed by atoms with van der Waals surface area (Å²) in [6.07, 6.45) is 6.71. The first-order valence-electron chi connectivity index (χ1n) is 6.07. The van der Waals surface area contributed by atoms with Crippen molar-refractivity contribution in [1.29, 1.82) is 0 Å². The van der Waals surface area contributed by atoms with Gasteiger partial charge in [-0.15, -0.1) is 12.3 Å². The summed E-state index contributed by atoms with van der Waals surface area (Å²) in [5.41, 5.74) is 1.06. The maximum atomic E-state index is 11.8. The zero-order valence-corrected chi connectivity index (χ0v) is 12.0. The molecule has 98 valence electrons. The third-order valence-electron chi connectivity index (χ3n) is 2.74. The highest BCUT2D eigenvalue weighted by Crippen LogP contribution is 2.25. The number of hydrogen-bond donors (Lipinski definition) is 0. The van der Waals surface area contributed by atoms with Crippen molar-refractivity contribution in [3.8, 4) is 12.3 Å². The van der Waals surface area contributed by atoms with Gasteiger partial charge in [-0.3, -0.25) is 4.79 Å². The van der Waals surface area contributed by atoms with E-state index >= 15 is 0 Å². The van der Waals surface area contributed by atoms with Gasteiger partial charge in [0.15, 0.2) is 0 Å². The number of terminal acetylenes is 1. The summed E-state index contributed by atoms with van der Waals surface area (Å²) in [4.78, 5) is 11.8. The van der Waals surface area contributed by atoms with E-state index in [4.69, 9.17) is 11.2 Å². The number of esters is 1. The van der Waals surface area contributed by atoms with E-state index in [0.29, 0.717) is 12.8 Å². The quantitative estimate of drug-likeness (QED) is 0.599. The van der Waals surface area contributed by atoms with Crippen molar-refractivity contribution in [1.82, 2.24) is 0 Å². The number of aryl methyl sites for hydroxylation is 1. The Kier molecular flexibility index (Phi) is 5.43. The number of thiophene rings is 1. The highest BCUT2D eigenvalue weighted by atomic mass is 32.1. The lowest BCUT2D eigenvalue weighted by Gasteiger charge is -2.28. The summed E-state index contributed by atoms with van der Waals surface area (Å²) in [6, 6.07) is 2.03. The van der Waals surface area contributed by atoms with Crippen LogP contribution in [0.3, 0.4) is 0 Å². The number of hydrogen-bond acceptors (Lipinski definition) is 3. The maximum absolute atomic E-state index is 11.8. The molecule has 0 aliphatic heterocycles. The Balaban J connectivity index is 2.44. The summed E-state index contributed by atoms with van der Waals surface area (Å²) in [5, 5.41) is 4.06. The van der Waals surface area contributed by atoms with Gasteiger partial charge in [-0.1, -0.05) is 20.8 Å². The molecule has 0 radical (unpaired) electrons. The average Bonchev–Trinajstić information content (AvgIpc) is 2.77. The largest absolute Gasteiger partial charge is 0.461 e. The van der Waals surface area contributed by atoms with Gasteiger partial charge in [-0.25, -0.2) is 0 Å². The van der Waals surface area contributed by atoms with Crippen LogP contribution in [0.1, 0.15) is 39.2 Å². The fourth-order valence-corrected chi connectivity index (χ4v) is 2.23. The van der Waals surface area contributed by atoms with Gasteiger partial charge in [-0.05, 0) is 34.2 Å². The van der Waals surface area contributed by atoms with E-state index in [1.165, 1.54) is 5.56 Å². The summed E-state index contributed by atoms with van der Waals surface area (Å²) >= 11 is 1.64. The van der Waals surface area contributed by atoms with Crippen LogP contribution in [0.5, 0.6) is 0 Å². The van der Waals surface area contributed by atoms with E-state index < -0.39 is 0 Å². The Bertz CT molecular complexity index is 407.